The van der Waals surface area contributed by atoms with Crippen LogP contribution < -0.4 is 4.72 Å². The van der Waals surface area contributed by atoms with Crippen molar-refractivity contribution in [3.05, 3.63) is 53.6 Å². The average molecular weight is 310 g/mol. The van der Waals surface area contributed by atoms with Gasteiger partial charge in [-0.1, -0.05) is 30.3 Å². The molecule has 0 bridgehead atoms. The van der Waals surface area contributed by atoms with Crippen LogP contribution in [-0.4, -0.2) is 24.4 Å². The van der Waals surface area contributed by atoms with Crippen LogP contribution >= 0.6 is 11.6 Å². The van der Waals surface area contributed by atoms with Crippen molar-refractivity contribution in [2.24, 2.45) is 0 Å². The molecular weight excluding hydrogens is 298 g/mol. The third-order valence-corrected chi connectivity index (χ3v) is 4.87. The van der Waals surface area contributed by atoms with E-state index in [0.29, 0.717) is 0 Å². The van der Waals surface area contributed by atoms with Gasteiger partial charge in [0.1, 0.15) is 4.90 Å². The third-order valence-electron chi connectivity index (χ3n) is 3.23. The highest BCUT2D eigenvalue weighted by Gasteiger charge is 2.41. The van der Waals surface area contributed by atoms with E-state index >= 15 is 0 Å². The number of benzene rings is 1. The lowest BCUT2D eigenvalue weighted by atomic mass is 10.1. The van der Waals surface area contributed by atoms with Gasteiger partial charge in [0.2, 0.25) is 15.3 Å². The molecule has 0 aliphatic heterocycles. The van der Waals surface area contributed by atoms with Gasteiger partial charge in [-0.3, -0.25) is 0 Å². The highest BCUT2D eigenvalue weighted by Crippen LogP contribution is 2.41. The Kier molecular flexibility index (Phi) is 3.45. The zero-order valence-electron chi connectivity index (χ0n) is 10.4. The summed E-state index contributed by atoms with van der Waals surface area (Å²) in [6.45, 7) is 0. The van der Waals surface area contributed by atoms with Gasteiger partial charge in [-0.15, -0.1) is 0 Å². The van der Waals surface area contributed by atoms with Crippen LogP contribution in [0, 0.1) is 0 Å². The molecule has 0 amide bonds. The van der Waals surface area contributed by atoms with Crippen LogP contribution in [0.5, 0.6) is 0 Å². The molecule has 2 unspecified atom stereocenters. The fourth-order valence-electron chi connectivity index (χ4n) is 2.10. The molecule has 7 heteroatoms. The molecule has 1 N–H and O–H groups in total. The summed E-state index contributed by atoms with van der Waals surface area (Å²) in [4.78, 5) is 7.40. The highest BCUT2D eigenvalue weighted by atomic mass is 35.5. The molecule has 1 saturated carbocycles. The van der Waals surface area contributed by atoms with Crippen LogP contribution in [0.4, 0.5) is 0 Å². The number of nitrogens with one attached hydrogen (secondary N) is 1. The van der Waals surface area contributed by atoms with Gasteiger partial charge in [0.15, 0.2) is 0 Å². The fourth-order valence-corrected chi connectivity index (χ4v) is 3.38. The molecule has 1 aliphatic carbocycles. The van der Waals surface area contributed by atoms with Crippen LogP contribution in [0.25, 0.3) is 0 Å². The van der Waals surface area contributed by atoms with Gasteiger partial charge >= 0.3 is 0 Å². The number of nitrogens with zero attached hydrogens (tertiary/aromatic N) is 2. The molecule has 2 aromatic rings. The van der Waals surface area contributed by atoms with E-state index < -0.39 is 10.0 Å². The van der Waals surface area contributed by atoms with E-state index in [1.54, 1.807) is 0 Å². The molecule has 1 heterocycles. The minimum Gasteiger partial charge on any atom is -0.225 e. The van der Waals surface area contributed by atoms with Crippen molar-refractivity contribution in [3.8, 4) is 0 Å². The van der Waals surface area contributed by atoms with E-state index in [2.05, 4.69) is 14.7 Å². The average Bonchev–Trinajstić information content (AvgIpc) is 3.19. The van der Waals surface area contributed by atoms with Crippen molar-refractivity contribution in [2.75, 3.05) is 0 Å². The number of hydrogen-bond donors (Lipinski definition) is 1. The summed E-state index contributed by atoms with van der Waals surface area (Å²) in [6.07, 6.45) is 3.22. The van der Waals surface area contributed by atoms with Crippen LogP contribution in [0.1, 0.15) is 17.9 Å². The molecule has 20 heavy (non-hydrogen) atoms. The van der Waals surface area contributed by atoms with Gasteiger partial charge in [0.05, 0.1) is 12.4 Å². The Balaban J connectivity index is 1.71. The molecule has 1 fully saturated rings. The molecular formula is C13H12ClN3O2S. The number of halogens is 1. The maximum atomic E-state index is 12.1. The summed E-state index contributed by atoms with van der Waals surface area (Å²) in [7, 11) is -3.59. The van der Waals surface area contributed by atoms with E-state index in [1.807, 2.05) is 30.3 Å². The van der Waals surface area contributed by atoms with Crippen molar-refractivity contribution >= 4 is 21.6 Å². The number of rotatable bonds is 4. The Bertz CT molecular complexity index is 704. The standard InChI is InChI=1S/C13H12ClN3O2S/c14-13-15-7-10(8-16-13)20(18,19)17-12-6-11(12)9-4-2-1-3-5-9/h1-5,7-8,11-12,17H,6H2. The molecule has 1 aromatic carbocycles. The summed E-state index contributed by atoms with van der Waals surface area (Å²) >= 11 is 5.55. The summed E-state index contributed by atoms with van der Waals surface area (Å²) < 4.78 is 26.9. The Labute approximate surface area is 122 Å². The first-order valence-corrected chi connectivity index (χ1v) is 7.97. The van der Waals surface area contributed by atoms with Crippen LogP contribution in [-0.2, 0) is 10.0 Å². The van der Waals surface area contributed by atoms with Gasteiger partial charge in [-0.25, -0.2) is 23.1 Å². The monoisotopic (exact) mass is 309 g/mol. The number of sulfonamides is 1. The van der Waals surface area contributed by atoms with Gasteiger partial charge in [-0.05, 0) is 23.6 Å². The summed E-state index contributed by atoms with van der Waals surface area (Å²) in [5.41, 5.74) is 1.15. The molecule has 1 aliphatic rings. The smallest absolute Gasteiger partial charge is 0.225 e. The first-order chi connectivity index (χ1) is 9.56. The van der Waals surface area contributed by atoms with Crippen molar-refractivity contribution in [1.82, 2.24) is 14.7 Å². The van der Waals surface area contributed by atoms with Gasteiger partial charge < -0.3 is 0 Å². The lowest BCUT2D eigenvalue weighted by Gasteiger charge is -2.05. The second kappa shape index (κ2) is 5.12. The molecule has 0 radical (unpaired) electrons. The van der Waals surface area contributed by atoms with Crippen molar-refractivity contribution in [1.29, 1.82) is 0 Å². The zero-order chi connectivity index (χ0) is 14.2. The van der Waals surface area contributed by atoms with Gasteiger partial charge in [-0.2, -0.15) is 0 Å². The van der Waals surface area contributed by atoms with E-state index in [-0.39, 0.29) is 22.1 Å². The van der Waals surface area contributed by atoms with Crippen molar-refractivity contribution < 1.29 is 8.42 Å². The molecule has 5 nitrogen and oxygen atoms in total. The Morgan fingerprint density at radius 3 is 2.45 bits per heavy atom. The lowest BCUT2D eigenvalue weighted by molar-refractivity contribution is 0.579. The van der Waals surface area contributed by atoms with E-state index in [4.69, 9.17) is 11.6 Å². The fraction of sp³-hybridized carbons (Fsp3) is 0.231. The van der Waals surface area contributed by atoms with Gasteiger partial charge in [0.25, 0.3) is 0 Å². The molecule has 0 saturated heterocycles. The minimum absolute atomic E-state index is 0.0255. The Morgan fingerprint density at radius 1 is 1.15 bits per heavy atom. The van der Waals surface area contributed by atoms with Crippen molar-refractivity contribution in [3.63, 3.8) is 0 Å². The minimum atomic E-state index is -3.59. The lowest BCUT2D eigenvalue weighted by Crippen LogP contribution is -2.27. The first-order valence-electron chi connectivity index (χ1n) is 6.11. The largest absolute Gasteiger partial charge is 0.243 e. The summed E-state index contributed by atoms with van der Waals surface area (Å²) in [5.74, 6) is 0.235. The molecule has 3 rings (SSSR count). The van der Waals surface area contributed by atoms with Crippen LogP contribution in [0.3, 0.4) is 0 Å². The molecule has 0 spiro atoms. The SMILES string of the molecule is O=S(=O)(NC1CC1c1ccccc1)c1cnc(Cl)nc1. The first kappa shape index (κ1) is 13.5. The Morgan fingerprint density at radius 2 is 1.80 bits per heavy atom. The molecule has 1 aromatic heterocycles. The zero-order valence-corrected chi connectivity index (χ0v) is 12.0. The summed E-state index contributed by atoms with van der Waals surface area (Å²) in [5, 5.41) is 0.0255. The van der Waals surface area contributed by atoms with E-state index in [9.17, 15) is 8.42 Å². The predicted octanol–water partition coefficient (Wildman–Crippen LogP) is 1.96. The van der Waals surface area contributed by atoms with Crippen LogP contribution in [0.15, 0.2) is 47.6 Å². The highest BCUT2D eigenvalue weighted by molar-refractivity contribution is 7.89. The topological polar surface area (TPSA) is 72.0 Å². The molecule has 2 atom stereocenters. The maximum Gasteiger partial charge on any atom is 0.243 e. The van der Waals surface area contributed by atoms with Crippen LogP contribution in [0.2, 0.25) is 5.28 Å². The molecule has 104 valence electrons. The third kappa shape index (κ3) is 2.82. The quantitative estimate of drug-likeness (QED) is 0.876. The van der Waals surface area contributed by atoms with E-state index in [1.165, 1.54) is 12.4 Å². The van der Waals surface area contributed by atoms with E-state index in [0.717, 1.165) is 12.0 Å². The predicted molar refractivity (Wildman–Crippen MR) is 75.0 cm³/mol. The second-order valence-corrected chi connectivity index (χ2v) is 6.72. The Hall–Kier alpha value is -1.50. The maximum absolute atomic E-state index is 12.1. The second-order valence-electron chi connectivity index (χ2n) is 4.67. The number of hydrogen-bond acceptors (Lipinski definition) is 4. The van der Waals surface area contributed by atoms with Crippen molar-refractivity contribution in [2.45, 2.75) is 23.3 Å². The number of aromatic nitrogens is 2. The van der Waals surface area contributed by atoms with Gasteiger partial charge in [0, 0.05) is 12.0 Å². The normalized spacial score (nSPS) is 21.6. The summed E-state index contributed by atoms with van der Waals surface area (Å²) in [6, 6.07) is 9.78.